The van der Waals surface area contributed by atoms with Crippen molar-refractivity contribution < 1.29 is 18.8 Å². The lowest BCUT2D eigenvalue weighted by Crippen LogP contribution is -2.37. The van der Waals surface area contributed by atoms with E-state index < -0.39 is 35.8 Å². The highest BCUT2D eigenvalue weighted by molar-refractivity contribution is 5.78. The van der Waals surface area contributed by atoms with E-state index in [1.165, 1.54) is 31.4 Å². The van der Waals surface area contributed by atoms with Crippen LogP contribution in [0.25, 0.3) is 0 Å². The molecule has 7 heteroatoms. The van der Waals surface area contributed by atoms with Crippen molar-refractivity contribution in [2.24, 2.45) is 0 Å². The minimum absolute atomic E-state index is 0.387. The quantitative estimate of drug-likeness (QED) is 0.523. The Labute approximate surface area is 143 Å². The molecule has 1 N–H and O–H groups in total. The third kappa shape index (κ3) is 3.23. The maximum atomic E-state index is 13.2. The minimum Gasteiger partial charge on any atom is -0.468 e. The topological polar surface area (TPSA) is 81.5 Å². The number of esters is 1. The Bertz CT molecular complexity index is 766. The molecule has 0 aliphatic carbocycles. The third-order valence-electron chi connectivity index (χ3n) is 4.54. The minimum atomic E-state index is -1.09. The number of nitro groups is 1. The number of carbonyl (C=O) groups excluding carboxylic acids is 1. The summed E-state index contributed by atoms with van der Waals surface area (Å²) in [5.41, 5.74) is 1.23. The van der Waals surface area contributed by atoms with Gasteiger partial charge in [-0.1, -0.05) is 42.5 Å². The van der Waals surface area contributed by atoms with Gasteiger partial charge in [0.25, 0.3) is 0 Å². The molecule has 130 valence electrons. The molecule has 0 aromatic heterocycles. The van der Waals surface area contributed by atoms with Crippen LogP contribution in [0.3, 0.4) is 0 Å². The van der Waals surface area contributed by atoms with Gasteiger partial charge in [0, 0.05) is 4.92 Å². The largest absolute Gasteiger partial charge is 0.468 e. The smallest absolute Gasteiger partial charge is 0.323 e. The second-order valence-electron chi connectivity index (χ2n) is 5.91. The number of methoxy groups -OCH3 is 1. The first kappa shape index (κ1) is 17.0. The molecular weight excluding hydrogens is 327 g/mol. The Morgan fingerprint density at radius 2 is 1.76 bits per heavy atom. The molecule has 1 fully saturated rings. The molecule has 1 heterocycles. The monoisotopic (exact) mass is 344 g/mol. The molecule has 6 nitrogen and oxygen atoms in total. The normalized spacial score (nSPS) is 25.5. The van der Waals surface area contributed by atoms with Gasteiger partial charge in [-0.15, -0.1) is 0 Å². The fourth-order valence-electron chi connectivity index (χ4n) is 3.42. The number of hydrogen-bond donors (Lipinski definition) is 1. The molecule has 1 saturated heterocycles. The summed E-state index contributed by atoms with van der Waals surface area (Å²) in [5.74, 6) is -1.69. The van der Waals surface area contributed by atoms with Crippen LogP contribution in [0.5, 0.6) is 0 Å². The molecule has 0 radical (unpaired) electrons. The van der Waals surface area contributed by atoms with E-state index in [0.29, 0.717) is 11.1 Å². The third-order valence-corrected chi connectivity index (χ3v) is 4.54. The summed E-state index contributed by atoms with van der Waals surface area (Å²) >= 11 is 0. The van der Waals surface area contributed by atoms with Crippen LogP contribution in [0.4, 0.5) is 4.39 Å². The lowest BCUT2D eigenvalue weighted by atomic mass is 9.85. The molecule has 0 bridgehead atoms. The van der Waals surface area contributed by atoms with E-state index in [4.69, 9.17) is 4.74 Å². The van der Waals surface area contributed by atoms with E-state index >= 15 is 0 Å². The van der Waals surface area contributed by atoms with Gasteiger partial charge in [0.05, 0.1) is 13.0 Å². The van der Waals surface area contributed by atoms with Crippen molar-refractivity contribution in [1.29, 1.82) is 0 Å². The first-order chi connectivity index (χ1) is 12.0. The molecular formula is C18H17FN2O4. The summed E-state index contributed by atoms with van der Waals surface area (Å²) in [6.07, 6.45) is 0. The number of nitrogens with zero attached hydrogens (tertiary/aromatic N) is 1. The zero-order chi connectivity index (χ0) is 18.0. The molecule has 0 spiro atoms. The van der Waals surface area contributed by atoms with Gasteiger partial charge >= 0.3 is 5.97 Å². The van der Waals surface area contributed by atoms with Crippen LogP contribution in [0.1, 0.15) is 23.1 Å². The molecule has 3 rings (SSSR count). The first-order valence-corrected chi connectivity index (χ1v) is 7.80. The average Bonchev–Trinajstić information content (AvgIpc) is 3.03. The average molecular weight is 344 g/mol. The van der Waals surface area contributed by atoms with Crippen LogP contribution >= 0.6 is 0 Å². The first-order valence-electron chi connectivity index (χ1n) is 7.80. The van der Waals surface area contributed by atoms with Crippen molar-refractivity contribution in [2.75, 3.05) is 7.11 Å². The highest BCUT2D eigenvalue weighted by atomic mass is 19.1. The van der Waals surface area contributed by atoms with Gasteiger partial charge in [0.1, 0.15) is 17.9 Å². The summed E-state index contributed by atoms with van der Waals surface area (Å²) < 4.78 is 18.0. The van der Waals surface area contributed by atoms with E-state index in [2.05, 4.69) is 5.32 Å². The van der Waals surface area contributed by atoms with Crippen LogP contribution < -0.4 is 5.32 Å². The van der Waals surface area contributed by atoms with Gasteiger partial charge in [0.2, 0.25) is 6.04 Å². The Kier molecular flexibility index (Phi) is 4.76. The molecule has 0 unspecified atom stereocenters. The van der Waals surface area contributed by atoms with E-state index in [0.717, 1.165) is 0 Å². The van der Waals surface area contributed by atoms with E-state index in [-0.39, 0.29) is 4.92 Å². The van der Waals surface area contributed by atoms with Gasteiger partial charge in [-0.05, 0) is 23.3 Å². The van der Waals surface area contributed by atoms with Gasteiger partial charge in [-0.25, -0.2) is 4.39 Å². The van der Waals surface area contributed by atoms with Crippen molar-refractivity contribution in [1.82, 2.24) is 5.32 Å². The van der Waals surface area contributed by atoms with Crippen LogP contribution in [-0.2, 0) is 9.53 Å². The van der Waals surface area contributed by atoms with Crippen LogP contribution in [0, 0.1) is 15.9 Å². The summed E-state index contributed by atoms with van der Waals surface area (Å²) in [6, 6.07) is 11.7. The molecule has 25 heavy (non-hydrogen) atoms. The predicted octanol–water partition coefficient (Wildman–Crippen LogP) is 2.44. The highest BCUT2D eigenvalue weighted by Gasteiger charge is 2.54. The molecule has 2 aromatic rings. The van der Waals surface area contributed by atoms with Gasteiger partial charge in [-0.3, -0.25) is 20.2 Å². The number of rotatable bonds is 4. The fraction of sp³-hybridized carbons (Fsp3) is 0.278. The summed E-state index contributed by atoms with van der Waals surface area (Å²) in [4.78, 5) is 23.7. The lowest BCUT2D eigenvalue weighted by Gasteiger charge is -2.19. The summed E-state index contributed by atoms with van der Waals surface area (Å²) in [7, 11) is 1.25. The second-order valence-corrected chi connectivity index (χ2v) is 5.91. The Hall–Kier alpha value is -2.80. The second kappa shape index (κ2) is 6.98. The molecule has 0 amide bonds. The predicted molar refractivity (Wildman–Crippen MR) is 88.0 cm³/mol. The zero-order valence-electron chi connectivity index (χ0n) is 13.5. The molecule has 1 aliphatic rings. The molecule has 0 saturated carbocycles. The van der Waals surface area contributed by atoms with Gasteiger partial charge < -0.3 is 4.74 Å². The maximum Gasteiger partial charge on any atom is 0.323 e. The van der Waals surface area contributed by atoms with E-state index in [1.807, 2.05) is 0 Å². The number of ether oxygens (including phenoxy) is 1. The van der Waals surface area contributed by atoms with Gasteiger partial charge in [0.15, 0.2) is 0 Å². The summed E-state index contributed by atoms with van der Waals surface area (Å²) in [6.45, 7) is 0. The van der Waals surface area contributed by atoms with E-state index in [9.17, 15) is 19.3 Å². The van der Waals surface area contributed by atoms with Crippen molar-refractivity contribution >= 4 is 5.97 Å². The van der Waals surface area contributed by atoms with E-state index in [1.54, 1.807) is 30.3 Å². The number of hydrogen-bond acceptors (Lipinski definition) is 5. The van der Waals surface area contributed by atoms with Crippen molar-refractivity contribution in [3.8, 4) is 0 Å². The SMILES string of the molecule is COC(=O)[C@H]1N[C@@H](c2ccc(F)cc2)[C@@H]([N+](=O)[O-])[C@@H]1c1ccccc1. The summed E-state index contributed by atoms with van der Waals surface area (Å²) in [5, 5.41) is 14.9. The Morgan fingerprint density at radius 3 is 2.32 bits per heavy atom. The number of halogens is 1. The van der Waals surface area contributed by atoms with Gasteiger partial charge in [-0.2, -0.15) is 0 Å². The number of nitrogens with one attached hydrogen (secondary N) is 1. The lowest BCUT2D eigenvalue weighted by molar-refractivity contribution is -0.527. The number of benzene rings is 2. The van der Waals surface area contributed by atoms with Crippen molar-refractivity contribution in [2.45, 2.75) is 24.0 Å². The highest BCUT2D eigenvalue weighted by Crippen LogP contribution is 2.40. The Balaban J connectivity index is 2.07. The molecule has 4 atom stereocenters. The van der Waals surface area contributed by atoms with Crippen LogP contribution in [-0.4, -0.2) is 30.1 Å². The van der Waals surface area contributed by atoms with Crippen molar-refractivity contribution in [3.05, 3.63) is 81.7 Å². The molecule has 2 aromatic carbocycles. The Morgan fingerprint density at radius 1 is 1.12 bits per heavy atom. The van der Waals surface area contributed by atoms with Crippen LogP contribution in [0.2, 0.25) is 0 Å². The zero-order valence-corrected chi connectivity index (χ0v) is 13.5. The maximum absolute atomic E-state index is 13.2. The standard InChI is InChI=1S/C18H17FN2O4/c1-25-18(22)16-14(11-5-3-2-4-6-11)17(21(23)24)15(20-16)12-7-9-13(19)10-8-12/h2-10,14-17,20H,1H3/t14-,15+,16+,17+/m1/s1. The molecule has 1 aliphatic heterocycles. The fourth-order valence-corrected chi connectivity index (χ4v) is 3.42. The number of carbonyl (C=O) groups is 1. The van der Waals surface area contributed by atoms with Crippen molar-refractivity contribution in [3.63, 3.8) is 0 Å². The van der Waals surface area contributed by atoms with Crippen LogP contribution in [0.15, 0.2) is 54.6 Å².